The zero-order valence-electron chi connectivity index (χ0n) is 19.1. The lowest BCUT2D eigenvalue weighted by atomic mass is 10.1. The minimum atomic E-state index is 0.683. The molecule has 0 saturated heterocycles. The normalized spacial score (nSPS) is 11.2. The van der Waals surface area contributed by atoms with Gasteiger partial charge in [0.25, 0.3) is 0 Å². The van der Waals surface area contributed by atoms with Gasteiger partial charge in [-0.3, -0.25) is 0 Å². The smallest absolute Gasteiger partial charge is 0.119 e. The van der Waals surface area contributed by atoms with Gasteiger partial charge in [0.15, 0.2) is 0 Å². The maximum absolute atomic E-state index is 8.83. The van der Waals surface area contributed by atoms with Crippen LogP contribution in [-0.2, 0) is 0 Å². The average molecular weight is 416 g/mol. The second-order valence-electron chi connectivity index (χ2n) is 8.05. The van der Waals surface area contributed by atoms with Crippen LogP contribution in [-0.4, -0.2) is 6.61 Å². The summed E-state index contributed by atoms with van der Waals surface area (Å²) in [6.45, 7) is 3.08. The van der Waals surface area contributed by atoms with Gasteiger partial charge in [-0.2, -0.15) is 5.26 Å². The predicted octanol–water partition coefficient (Wildman–Crippen LogP) is 8.58. The first-order valence-corrected chi connectivity index (χ1v) is 11.9. The van der Waals surface area contributed by atoms with E-state index in [1.54, 1.807) is 0 Å². The first-order chi connectivity index (χ1) is 15.3. The van der Waals surface area contributed by atoms with Crippen LogP contribution in [0, 0.1) is 11.3 Å². The Morgan fingerprint density at radius 2 is 1.16 bits per heavy atom. The highest BCUT2D eigenvalue weighted by molar-refractivity contribution is 5.58. The summed E-state index contributed by atoms with van der Waals surface area (Å²) in [5.41, 5.74) is 2.92. The van der Waals surface area contributed by atoms with Gasteiger partial charge in [0, 0.05) is 0 Å². The lowest BCUT2D eigenvalue weighted by molar-refractivity contribution is 0.304. The fraction of sp³-hybridized carbons (Fsp3) is 0.414. The molecule has 2 nitrogen and oxygen atoms in total. The molecule has 164 valence electrons. The van der Waals surface area contributed by atoms with E-state index in [0.717, 1.165) is 29.9 Å². The molecule has 0 atom stereocenters. The lowest BCUT2D eigenvalue weighted by Crippen LogP contribution is -1.97. The van der Waals surface area contributed by atoms with Crippen molar-refractivity contribution in [1.82, 2.24) is 0 Å². The van der Waals surface area contributed by atoms with E-state index in [-0.39, 0.29) is 0 Å². The van der Waals surface area contributed by atoms with Gasteiger partial charge >= 0.3 is 0 Å². The summed E-state index contributed by atoms with van der Waals surface area (Å²) in [5.74, 6) is 0.946. The highest BCUT2D eigenvalue weighted by Gasteiger charge is 1.96. The molecule has 31 heavy (non-hydrogen) atoms. The van der Waals surface area contributed by atoms with Crippen molar-refractivity contribution in [2.45, 2.75) is 71.1 Å². The molecule has 2 rings (SSSR count). The first-order valence-electron chi connectivity index (χ1n) is 11.9. The Balaban J connectivity index is 1.56. The summed E-state index contributed by atoms with van der Waals surface area (Å²) in [6.07, 6.45) is 21.6. The van der Waals surface area contributed by atoms with Gasteiger partial charge in [0.05, 0.1) is 18.2 Å². The second-order valence-corrected chi connectivity index (χ2v) is 8.05. The summed E-state index contributed by atoms with van der Waals surface area (Å²) < 4.78 is 5.87. The molecule has 0 N–H and O–H groups in total. The Bertz CT molecular complexity index is 809. The van der Waals surface area contributed by atoms with Gasteiger partial charge in [-0.15, -0.1) is 0 Å². The van der Waals surface area contributed by atoms with Crippen molar-refractivity contribution in [2.75, 3.05) is 6.61 Å². The Hall–Kier alpha value is -2.79. The molecule has 2 aromatic carbocycles. The number of hydrogen-bond donors (Lipinski definition) is 0. The molecular formula is C29H37NO. The highest BCUT2D eigenvalue weighted by Crippen LogP contribution is 2.15. The largest absolute Gasteiger partial charge is 0.494 e. The molecule has 0 aliphatic carbocycles. The maximum atomic E-state index is 8.83. The summed E-state index contributed by atoms with van der Waals surface area (Å²) in [4.78, 5) is 0. The SMILES string of the molecule is CCCCCCCCCCCCOc1ccc(/C=C/C=C/c2ccc(C#N)cc2)cc1. The van der Waals surface area contributed by atoms with E-state index in [9.17, 15) is 0 Å². The van der Waals surface area contributed by atoms with Crippen LogP contribution in [0.15, 0.2) is 60.7 Å². The standard InChI is InChI=1S/C29H37NO/c1-2-3-4-5-6-7-8-9-10-13-24-31-29-22-20-27(21-23-29)15-12-11-14-26-16-18-28(25-30)19-17-26/h11-12,14-23H,2-10,13,24H2,1H3/b14-11+,15-12+. The summed E-state index contributed by atoms with van der Waals surface area (Å²) in [5, 5.41) is 8.83. The summed E-state index contributed by atoms with van der Waals surface area (Å²) in [6, 6.07) is 17.9. The van der Waals surface area contributed by atoms with Crippen molar-refractivity contribution < 1.29 is 4.74 Å². The number of rotatable bonds is 15. The van der Waals surface area contributed by atoms with Gasteiger partial charge in [-0.25, -0.2) is 0 Å². The number of nitrogens with zero attached hydrogens (tertiary/aromatic N) is 1. The maximum Gasteiger partial charge on any atom is 0.119 e. The minimum absolute atomic E-state index is 0.683. The number of hydrogen-bond acceptors (Lipinski definition) is 2. The monoisotopic (exact) mass is 415 g/mol. The van der Waals surface area contributed by atoms with Crippen molar-refractivity contribution in [3.05, 3.63) is 77.4 Å². The second kappa shape index (κ2) is 16.0. The van der Waals surface area contributed by atoms with Gasteiger partial charge in [-0.1, -0.05) is 113 Å². The van der Waals surface area contributed by atoms with E-state index in [1.807, 2.05) is 54.6 Å². The fourth-order valence-corrected chi connectivity index (χ4v) is 3.46. The number of unbranched alkanes of at least 4 members (excludes halogenated alkanes) is 9. The lowest BCUT2D eigenvalue weighted by Gasteiger charge is -2.06. The molecule has 0 saturated carbocycles. The van der Waals surface area contributed by atoms with E-state index in [4.69, 9.17) is 10.00 Å². The van der Waals surface area contributed by atoms with Crippen LogP contribution < -0.4 is 4.74 Å². The van der Waals surface area contributed by atoms with Gasteiger partial charge < -0.3 is 4.74 Å². The van der Waals surface area contributed by atoms with Crippen molar-refractivity contribution in [3.63, 3.8) is 0 Å². The van der Waals surface area contributed by atoms with E-state index < -0.39 is 0 Å². The van der Waals surface area contributed by atoms with Gasteiger partial charge in [-0.05, 0) is 41.8 Å². The molecule has 0 aliphatic rings. The topological polar surface area (TPSA) is 33.0 Å². The third-order valence-corrected chi connectivity index (χ3v) is 5.37. The minimum Gasteiger partial charge on any atom is -0.494 e. The van der Waals surface area contributed by atoms with Crippen molar-refractivity contribution >= 4 is 12.2 Å². The number of ether oxygens (including phenoxy) is 1. The van der Waals surface area contributed by atoms with Crippen molar-refractivity contribution in [3.8, 4) is 11.8 Å². The van der Waals surface area contributed by atoms with Crippen molar-refractivity contribution in [2.24, 2.45) is 0 Å². The molecule has 2 heteroatoms. The Morgan fingerprint density at radius 3 is 1.68 bits per heavy atom. The molecule has 0 spiro atoms. The molecule has 0 bridgehead atoms. The first kappa shape index (κ1) is 24.5. The van der Waals surface area contributed by atoms with Gasteiger partial charge in [0.2, 0.25) is 0 Å². The molecular weight excluding hydrogens is 378 g/mol. The fourth-order valence-electron chi connectivity index (χ4n) is 3.46. The van der Waals surface area contributed by atoms with Crippen LogP contribution in [0.1, 0.15) is 87.8 Å². The van der Waals surface area contributed by atoms with Crippen LogP contribution in [0.2, 0.25) is 0 Å². The Kier molecular flexibility index (Phi) is 12.6. The van der Waals surface area contributed by atoms with Crippen molar-refractivity contribution in [1.29, 1.82) is 5.26 Å². The number of benzene rings is 2. The molecule has 0 aromatic heterocycles. The zero-order valence-corrected chi connectivity index (χ0v) is 19.1. The zero-order chi connectivity index (χ0) is 22.0. The van der Waals surface area contributed by atoms with Crippen LogP contribution in [0.25, 0.3) is 12.2 Å². The van der Waals surface area contributed by atoms with E-state index >= 15 is 0 Å². The molecule has 0 radical (unpaired) electrons. The number of nitriles is 1. The van der Waals surface area contributed by atoms with Crippen LogP contribution >= 0.6 is 0 Å². The van der Waals surface area contributed by atoms with Crippen LogP contribution in [0.4, 0.5) is 0 Å². The quantitative estimate of drug-likeness (QED) is 0.215. The third kappa shape index (κ3) is 11.2. The highest BCUT2D eigenvalue weighted by atomic mass is 16.5. The van der Waals surface area contributed by atoms with E-state index in [0.29, 0.717) is 5.56 Å². The van der Waals surface area contributed by atoms with E-state index in [1.165, 1.54) is 57.8 Å². The molecule has 0 amide bonds. The molecule has 2 aromatic rings. The van der Waals surface area contributed by atoms with Gasteiger partial charge in [0.1, 0.15) is 5.75 Å². The molecule has 0 unspecified atom stereocenters. The number of allylic oxidation sites excluding steroid dienone is 2. The molecule has 0 aliphatic heterocycles. The van der Waals surface area contributed by atoms with Crippen LogP contribution in [0.5, 0.6) is 5.75 Å². The Labute approximate surface area is 189 Å². The Morgan fingerprint density at radius 1 is 0.677 bits per heavy atom. The summed E-state index contributed by atoms with van der Waals surface area (Å²) in [7, 11) is 0. The van der Waals surface area contributed by atoms with Crippen LogP contribution in [0.3, 0.4) is 0 Å². The predicted molar refractivity (Wildman–Crippen MR) is 133 cm³/mol. The van der Waals surface area contributed by atoms with E-state index in [2.05, 4.69) is 31.2 Å². The summed E-state index contributed by atoms with van der Waals surface area (Å²) >= 11 is 0. The molecule has 0 heterocycles. The third-order valence-electron chi connectivity index (χ3n) is 5.37. The molecule has 0 fully saturated rings. The average Bonchev–Trinajstić information content (AvgIpc) is 2.81.